The SMILES string of the molecule is Cc1cccc(N(C)C(=O)c2ccc(Br)cc2N)c1. The molecule has 0 bridgehead atoms. The normalized spacial score (nSPS) is 10.3. The van der Waals surface area contributed by atoms with Gasteiger partial charge in [-0.15, -0.1) is 0 Å². The maximum absolute atomic E-state index is 12.4. The average molecular weight is 319 g/mol. The summed E-state index contributed by atoms with van der Waals surface area (Å²) in [6, 6.07) is 13.1. The van der Waals surface area contributed by atoms with Gasteiger partial charge < -0.3 is 10.6 Å². The van der Waals surface area contributed by atoms with E-state index in [0.29, 0.717) is 11.3 Å². The third kappa shape index (κ3) is 2.96. The molecule has 2 aromatic rings. The molecule has 0 saturated heterocycles. The van der Waals surface area contributed by atoms with Gasteiger partial charge in [0.1, 0.15) is 0 Å². The Hall–Kier alpha value is -1.81. The van der Waals surface area contributed by atoms with Gasteiger partial charge in [-0.25, -0.2) is 0 Å². The van der Waals surface area contributed by atoms with Gasteiger partial charge in [0.2, 0.25) is 0 Å². The Morgan fingerprint density at radius 2 is 1.95 bits per heavy atom. The summed E-state index contributed by atoms with van der Waals surface area (Å²) in [6.07, 6.45) is 0. The highest BCUT2D eigenvalue weighted by atomic mass is 79.9. The molecule has 0 fully saturated rings. The van der Waals surface area contributed by atoms with Gasteiger partial charge in [0, 0.05) is 22.9 Å². The van der Waals surface area contributed by atoms with Crippen molar-refractivity contribution in [2.75, 3.05) is 17.7 Å². The fourth-order valence-electron chi connectivity index (χ4n) is 1.86. The third-order valence-electron chi connectivity index (χ3n) is 2.94. The lowest BCUT2D eigenvalue weighted by molar-refractivity contribution is 0.0994. The standard InChI is InChI=1S/C15H15BrN2O/c1-10-4-3-5-12(8-10)18(2)15(19)13-7-6-11(16)9-14(13)17/h3-9H,17H2,1-2H3. The van der Waals surface area contributed by atoms with Crippen LogP contribution in [0.2, 0.25) is 0 Å². The summed E-state index contributed by atoms with van der Waals surface area (Å²) < 4.78 is 0.861. The maximum Gasteiger partial charge on any atom is 0.260 e. The van der Waals surface area contributed by atoms with Crippen LogP contribution >= 0.6 is 15.9 Å². The number of carbonyl (C=O) groups excluding carboxylic acids is 1. The molecule has 0 atom stereocenters. The van der Waals surface area contributed by atoms with E-state index >= 15 is 0 Å². The number of nitrogens with zero attached hydrogens (tertiary/aromatic N) is 1. The van der Waals surface area contributed by atoms with Crippen LogP contribution in [0.25, 0.3) is 0 Å². The van der Waals surface area contributed by atoms with Crippen LogP contribution in [0.4, 0.5) is 11.4 Å². The van der Waals surface area contributed by atoms with Gasteiger partial charge in [0.05, 0.1) is 5.56 Å². The number of rotatable bonds is 2. The second kappa shape index (κ2) is 5.45. The molecule has 0 aromatic heterocycles. The minimum Gasteiger partial charge on any atom is -0.398 e. The fraction of sp³-hybridized carbons (Fsp3) is 0.133. The molecular formula is C15H15BrN2O. The second-order valence-electron chi connectivity index (χ2n) is 4.43. The smallest absolute Gasteiger partial charge is 0.260 e. The zero-order chi connectivity index (χ0) is 14.0. The van der Waals surface area contributed by atoms with Crippen LogP contribution < -0.4 is 10.6 Å². The number of nitrogens with two attached hydrogens (primary N) is 1. The molecule has 0 aliphatic carbocycles. The van der Waals surface area contributed by atoms with Crippen molar-refractivity contribution in [3.63, 3.8) is 0 Å². The van der Waals surface area contributed by atoms with Crippen LogP contribution in [0.15, 0.2) is 46.9 Å². The number of hydrogen-bond donors (Lipinski definition) is 1. The summed E-state index contributed by atoms with van der Waals surface area (Å²) in [7, 11) is 1.75. The highest BCUT2D eigenvalue weighted by Crippen LogP contribution is 2.22. The molecule has 3 nitrogen and oxygen atoms in total. The molecule has 98 valence electrons. The van der Waals surface area contributed by atoms with Gasteiger partial charge in [0.25, 0.3) is 5.91 Å². The van der Waals surface area contributed by atoms with Crippen LogP contribution in [-0.2, 0) is 0 Å². The maximum atomic E-state index is 12.4. The molecule has 2 rings (SSSR count). The molecule has 0 aliphatic rings. The minimum atomic E-state index is -0.115. The minimum absolute atomic E-state index is 0.115. The Morgan fingerprint density at radius 3 is 2.58 bits per heavy atom. The predicted octanol–water partition coefficient (Wildman–Crippen LogP) is 3.62. The number of anilines is 2. The van der Waals surface area contributed by atoms with E-state index in [1.807, 2.05) is 37.3 Å². The van der Waals surface area contributed by atoms with Crippen LogP contribution in [-0.4, -0.2) is 13.0 Å². The molecule has 2 aromatic carbocycles. The van der Waals surface area contributed by atoms with Crippen molar-refractivity contribution in [3.05, 3.63) is 58.1 Å². The largest absolute Gasteiger partial charge is 0.398 e. The van der Waals surface area contributed by atoms with E-state index in [4.69, 9.17) is 5.73 Å². The van der Waals surface area contributed by atoms with Crippen LogP contribution in [0.1, 0.15) is 15.9 Å². The number of halogens is 1. The van der Waals surface area contributed by atoms with Gasteiger partial charge in [-0.2, -0.15) is 0 Å². The van der Waals surface area contributed by atoms with Gasteiger partial charge >= 0.3 is 0 Å². The first-order chi connectivity index (χ1) is 8.99. The lowest BCUT2D eigenvalue weighted by atomic mass is 10.1. The molecule has 0 saturated carbocycles. The van der Waals surface area contributed by atoms with Crippen molar-refractivity contribution in [3.8, 4) is 0 Å². The van der Waals surface area contributed by atoms with Gasteiger partial charge in [0.15, 0.2) is 0 Å². The molecule has 1 amide bonds. The lowest BCUT2D eigenvalue weighted by Crippen LogP contribution is -2.27. The number of benzene rings is 2. The van der Waals surface area contributed by atoms with E-state index in [0.717, 1.165) is 15.7 Å². The van der Waals surface area contributed by atoms with E-state index in [2.05, 4.69) is 15.9 Å². The molecule has 0 heterocycles. The first-order valence-corrected chi connectivity index (χ1v) is 6.68. The van der Waals surface area contributed by atoms with Crippen molar-refractivity contribution < 1.29 is 4.79 Å². The summed E-state index contributed by atoms with van der Waals surface area (Å²) in [5.41, 5.74) is 8.83. The van der Waals surface area contributed by atoms with Crippen LogP contribution in [0, 0.1) is 6.92 Å². The van der Waals surface area contributed by atoms with Crippen molar-refractivity contribution in [2.24, 2.45) is 0 Å². The van der Waals surface area contributed by atoms with Crippen molar-refractivity contribution in [1.82, 2.24) is 0 Å². The fourth-order valence-corrected chi connectivity index (χ4v) is 2.24. The van der Waals surface area contributed by atoms with Crippen LogP contribution in [0.3, 0.4) is 0 Å². The number of carbonyl (C=O) groups is 1. The van der Waals surface area contributed by atoms with Crippen LogP contribution in [0.5, 0.6) is 0 Å². The molecule has 0 aliphatic heterocycles. The topological polar surface area (TPSA) is 46.3 Å². The Labute approximate surface area is 121 Å². The number of hydrogen-bond acceptors (Lipinski definition) is 2. The molecular weight excluding hydrogens is 304 g/mol. The highest BCUT2D eigenvalue weighted by molar-refractivity contribution is 9.10. The first-order valence-electron chi connectivity index (χ1n) is 5.89. The van der Waals surface area contributed by atoms with Gasteiger partial charge in [-0.05, 0) is 42.8 Å². The second-order valence-corrected chi connectivity index (χ2v) is 5.35. The molecule has 19 heavy (non-hydrogen) atoms. The van der Waals surface area contributed by atoms with E-state index in [1.165, 1.54) is 0 Å². The number of nitrogen functional groups attached to an aromatic ring is 1. The number of amides is 1. The predicted molar refractivity (Wildman–Crippen MR) is 82.5 cm³/mol. The molecule has 0 radical (unpaired) electrons. The lowest BCUT2D eigenvalue weighted by Gasteiger charge is -2.19. The highest BCUT2D eigenvalue weighted by Gasteiger charge is 2.16. The van der Waals surface area contributed by atoms with E-state index in [1.54, 1.807) is 24.1 Å². The monoisotopic (exact) mass is 318 g/mol. The van der Waals surface area contributed by atoms with Crippen molar-refractivity contribution in [1.29, 1.82) is 0 Å². The Bertz CT molecular complexity index is 625. The molecule has 0 spiro atoms. The Kier molecular flexibility index (Phi) is 3.90. The summed E-state index contributed by atoms with van der Waals surface area (Å²) >= 11 is 3.33. The quantitative estimate of drug-likeness (QED) is 0.860. The van der Waals surface area contributed by atoms with Gasteiger partial charge in [-0.1, -0.05) is 28.1 Å². The summed E-state index contributed by atoms with van der Waals surface area (Å²) in [6.45, 7) is 2.00. The van der Waals surface area contributed by atoms with E-state index < -0.39 is 0 Å². The molecule has 4 heteroatoms. The third-order valence-corrected chi connectivity index (χ3v) is 3.43. The Balaban J connectivity index is 2.33. The first kappa shape index (κ1) is 13.6. The molecule has 2 N–H and O–H groups in total. The summed E-state index contributed by atoms with van der Waals surface area (Å²) in [5.74, 6) is -0.115. The molecule has 0 unspecified atom stereocenters. The summed E-state index contributed by atoms with van der Waals surface area (Å²) in [4.78, 5) is 14.0. The van der Waals surface area contributed by atoms with E-state index in [-0.39, 0.29) is 5.91 Å². The van der Waals surface area contributed by atoms with Gasteiger partial charge in [-0.3, -0.25) is 4.79 Å². The van der Waals surface area contributed by atoms with Crippen molar-refractivity contribution in [2.45, 2.75) is 6.92 Å². The Morgan fingerprint density at radius 1 is 1.21 bits per heavy atom. The average Bonchev–Trinajstić information content (AvgIpc) is 2.37. The number of aryl methyl sites for hydroxylation is 1. The zero-order valence-electron chi connectivity index (χ0n) is 10.9. The van der Waals surface area contributed by atoms with E-state index in [9.17, 15) is 4.79 Å². The summed E-state index contributed by atoms with van der Waals surface area (Å²) in [5, 5.41) is 0. The van der Waals surface area contributed by atoms with Crippen molar-refractivity contribution >= 4 is 33.2 Å². The zero-order valence-corrected chi connectivity index (χ0v) is 12.4.